The van der Waals surface area contributed by atoms with Crippen molar-refractivity contribution in [2.75, 3.05) is 23.8 Å². The van der Waals surface area contributed by atoms with Gasteiger partial charge in [-0.2, -0.15) is 13.2 Å². The number of nitrogens with one attached hydrogen (secondary N) is 2. The first-order valence-corrected chi connectivity index (χ1v) is 8.07. The maximum absolute atomic E-state index is 12.4. The Hall–Kier alpha value is -2.67. The van der Waals surface area contributed by atoms with Crippen molar-refractivity contribution in [2.45, 2.75) is 6.18 Å². The van der Waals surface area contributed by atoms with E-state index in [-0.39, 0.29) is 22.2 Å². The van der Waals surface area contributed by atoms with Crippen LogP contribution in [0.15, 0.2) is 42.5 Å². The lowest BCUT2D eigenvalue weighted by Crippen LogP contribution is -2.18. The fourth-order valence-corrected chi connectivity index (χ4v) is 2.70. The SMILES string of the molecule is O=C(Nc1ccc2c(c1)OCCN2)c1ccc(C=CC(F)(F)F)cc1Cl. The van der Waals surface area contributed by atoms with E-state index in [4.69, 9.17) is 16.3 Å². The zero-order chi connectivity index (χ0) is 18.7. The molecule has 0 spiro atoms. The van der Waals surface area contributed by atoms with E-state index in [2.05, 4.69) is 10.6 Å². The number of halogens is 4. The molecule has 26 heavy (non-hydrogen) atoms. The van der Waals surface area contributed by atoms with E-state index in [1.54, 1.807) is 18.2 Å². The molecule has 1 heterocycles. The van der Waals surface area contributed by atoms with Crippen LogP contribution in [0.2, 0.25) is 5.02 Å². The van der Waals surface area contributed by atoms with Gasteiger partial charge < -0.3 is 15.4 Å². The van der Waals surface area contributed by atoms with E-state index in [1.165, 1.54) is 18.2 Å². The highest BCUT2D eigenvalue weighted by Crippen LogP contribution is 2.30. The Labute approximate surface area is 152 Å². The molecule has 1 aliphatic heterocycles. The van der Waals surface area contributed by atoms with Crippen molar-refractivity contribution < 1.29 is 22.7 Å². The number of ether oxygens (including phenoxy) is 1. The van der Waals surface area contributed by atoms with Gasteiger partial charge in [-0.3, -0.25) is 4.79 Å². The zero-order valence-electron chi connectivity index (χ0n) is 13.4. The molecule has 0 fully saturated rings. The zero-order valence-corrected chi connectivity index (χ0v) is 14.1. The molecule has 2 aromatic carbocycles. The van der Waals surface area contributed by atoms with Crippen LogP contribution in [-0.2, 0) is 0 Å². The highest BCUT2D eigenvalue weighted by atomic mass is 35.5. The van der Waals surface area contributed by atoms with Gasteiger partial charge in [-0.05, 0) is 29.8 Å². The number of amides is 1. The molecule has 2 aromatic rings. The Morgan fingerprint density at radius 2 is 2.04 bits per heavy atom. The van der Waals surface area contributed by atoms with Crippen LogP contribution in [-0.4, -0.2) is 25.2 Å². The van der Waals surface area contributed by atoms with Crippen LogP contribution in [0.3, 0.4) is 0 Å². The van der Waals surface area contributed by atoms with Gasteiger partial charge in [0.2, 0.25) is 0 Å². The van der Waals surface area contributed by atoms with Crippen molar-refractivity contribution in [2.24, 2.45) is 0 Å². The molecular formula is C18H14ClF3N2O2. The van der Waals surface area contributed by atoms with Crippen LogP contribution < -0.4 is 15.4 Å². The number of carbonyl (C=O) groups is 1. The Bertz CT molecular complexity index is 866. The number of allylic oxidation sites excluding steroid dienone is 1. The number of anilines is 2. The van der Waals surface area contributed by atoms with Crippen molar-refractivity contribution in [1.82, 2.24) is 0 Å². The monoisotopic (exact) mass is 382 g/mol. The summed E-state index contributed by atoms with van der Waals surface area (Å²) in [5.41, 5.74) is 1.77. The van der Waals surface area contributed by atoms with Crippen molar-refractivity contribution in [3.05, 3.63) is 58.6 Å². The molecular weight excluding hydrogens is 369 g/mol. The summed E-state index contributed by atoms with van der Waals surface area (Å²) in [5.74, 6) is 0.165. The lowest BCUT2D eigenvalue weighted by molar-refractivity contribution is -0.0790. The molecule has 0 radical (unpaired) electrons. The van der Waals surface area contributed by atoms with Gasteiger partial charge in [0.25, 0.3) is 5.91 Å². The minimum absolute atomic E-state index is 0.0581. The first-order chi connectivity index (χ1) is 12.3. The average molecular weight is 383 g/mol. The molecule has 136 valence electrons. The highest BCUT2D eigenvalue weighted by molar-refractivity contribution is 6.34. The van der Waals surface area contributed by atoms with Gasteiger partial charge in [0, 0.05) is 24.4 Å². The van der Waals surface area contributed by atoms with Crippen LogP contribution in [0.4, 0.5) is 24.5 Å². The topological polar surface area (TPSA) is 50.4 Å². The van der Waals surface area contributed by atoms with Crippen LogP contribution in [0.1, 0.15) is 15.9 Å². The fraction of sp³-hybridized carbons (Fsp3) is 0.167. The maximum Gasteiger partial charge on any atom is 0.409 e. The summed E-state index contributed by atoms with van der Waals surface area (Å²) in [6.07, 6.45) is -3.41. The van der Waals surface area contributed by atoms with E-state index in [9.17, 15) is 18.0 Å². The Morgan fingerprint density at radius 1 is 1.23 bits per heavy atom. The summed E-state index contributed by atoms with van der Waals surface area (Å²) in [6, 6.07) is 9.27. The quantitative estimate of drug-likeness (QED) is 0.787. The number of hydrogen-bond donors (Lipinski definition) is 2. The number of hydrogen-bond acceptors (Lipinski definition) is 3. The van der Waals surface area contributed by atoms with Gasteiger partial charge in [0.15, 0.2) is 0 Å². The van der Waals surface area contributed by atoms with Crippen molar-refractivity contribution in [1.29, 1.82) is 0 Å². The largest absolute Gasteiger partial charge is 0.490 e. The summed E-state index contributed by atoms with van der Waals surface area (Å²) in [6.45, 7) is 1.24. The lowest BCUT2D eigenvalue weighted by atomic mass is 10.1. The second kappa shape index (κ2) is 7.29. The third-order valence-corrected chi connectivity index (χ3v) is 3.93. The second-order valence-corrected chi connectivity index (χ2v) is 5.96. The van der Waals surface area contributed by atoms with Crippen LogP contribution in [0, 0.1) is 0 Å². The van der Waals surface area contributed by atoms with Gasteiger partial charge in [0.05, 0.1) is 16.3 Å². The highest BCUT2D eigenvalue weighted by Gasteiger charge is 2.22. The Kier molecular flexibility index (Phi) is 5.08. The van der Waals surface area contributed by atoms with Gasteiger partial charge >= 0.3 is 6.18 Å². The van der Waals surface area contributed by atoms with E-state index in [1.807, 2.05) is 0 Å². The summed E-state index contributed by atoms with van der Waals surface area (Å²) < 4.78 is 42.1. The minimum Gasteiger partial charge on any atom is -0.490 e. The smallest absolute Gasteiger partial charge is 0.409 e. The van der Waals surface area contributed by atoms with E-state index in [0.29, 0.717) is 24.6 Å². The van der Waals surface area contributed by atoms with Crippen LogP contribution >= 0.6 is 11.6 Å². The maximum atomic E-state index is 12.4. The number of fused-ring (bicyclic) bond motifs is 1. The van der Waals surface area contributed by atoms with E-state index in [0.717, 1.165) is 11.8 Å². The van der Waals surface area contributed by atoms with E-state index < -0.39 is 12.1 Å². The molecule has 8 heteroatoms. The third-order valence-electron chi connectivity index (χ3n) is 3.62. The molecule has 0 bridgehead atoms. The molecule has 2 N–H and O–H groups in total. The summed E-state index contributed by atoms with van der Waals surface area (Å²) in [4.78, 5) is 12.4. The standard InChI is InChI=1S/C18H14ClF3N2O2/c19-14-9-11(5-6-18(20,21)22)1-3-13(14)17(25)24-12-2-4-15-16(10-12)26-8-7-23-15/h1-6,9-10,23H,7-8H2,(H,24,25). The molecule has 0 atom stereocenters. The first-order valence-electron chi connectivity index (χ1n) is 7.69. The molecule has 1 amide bonds. The molecule has 0 aromatic heterocycles. The number of alkyl halides is 3. The molecule has 3 rings (SSSR count). The number of benzene rings is 2. The molecule has 0 saturated carbocycles. The predicted molar refractivity (Wildman–Crippen MR) is 94.9 cm³/mol. The normalized spacial score (nSPS) is 13.7. The summed E-state index contributed by atoms with van der Waals surface area (Å²) in [5, 5.41) is 5.92. The van der Waals surface area contributed by atoms with Crippen LogP contribution in [0.25, 0.3) is 6.08 Å². The predicted octanol–water partition coefficient (Wildman–Crippen LogP) is 4.97. The Morgan fingerprint density at radius 3 is 2.77 bits per heavy atom. The summed E-state index contributed by atoms with van der Waals surface area (Å²) in [7, 11) is 0. The van der Waals surface area contributed by atoms with Gasteiger partial charge in [-0.1, -0.05) is 23.7 Å². The number of rotatable bonds is 3. The van der Waals surface area contributed by atoms with Gasteiger partial charge in [-0.15, -0.1) is 0 Å². The van der Waals surface area contributed by atoms with Crippen LogP contribution in [0.5, 0.6) is 5.75 Å². The molecule has 0 saturated heterocycles. The summed E-state index contributed by atoms with van der Waals surface area (Å²) >= 11 is 6.05. The van der Waals surface area contributed by atoms with Crippen molar-refractivity contribution in [3.8, 4) is 5.75 Å². The first kappa shape index (κ1) is 18.1. The number of carbonyl (C=O) groups excluding carboxylic acids is 1. The molecule has 0 aliphatic carbocycles. The van der Waals surface area contributed by atoms with Crippen molar-refractivity contribution in [3.63, 3.8) is 0 Å². The fourth-order valence-electron chi connectivity index (χ4n) is 2.42. The van der Waals surface area contributed by atoms with E-state index >= 15 is 0 Å². The minimum atomic E-state index is -4.41. The second-order valence-electron chi connectivity index (χ2n) is 5.55. The van der Waals surface area contributed by atoms with Gasteiger partial charge in [0.1, 0.15) is 12.4 Å². The molecule has 1 aliphatic rings. The molecule has 4 nitrogen and oxygen atoms in total. The lowest BCUT2D eigenvalue weighted by Gasteiger charge is -2.19. The third kappa shape index (κ3) is 4.49. The average Bonchev–Trinajstić information content (AvgIpc) is 2.59. The molecule has 0 unspecified atom stereocenters. The van der Waals surface area contributed by atoms with Gasteiger partial charge in [-0.25, -0.2) is 0 Å². The van der Waals surface area contributed by atoms with Crippen molar-refractivity contribution >= 4 is 35.0 Å². The Balaban J connectivity index is 1.75.